The second-order valence-electron chi connectivity index (χ2n) is 4.94. The van der Waals surface area contributed by atoms with E-state index in [-0.39, 0.29) is 34.2 Å². The molecule has 1 amide bonds. The summed E-state index contributed by atoms with van der Waals surface area (Å²) in [7, 11) is -3.47. The van der Waals surface area contributed by atoms with Crippen molar-refractivity contribution in [3.63, 3.8) is 0 Å². The van der Waals surface area contributed by atoms with Gasteiger partial charge in [0.1, 0.15) is 12.3 Å². The molecule has 1 aromatic carbocycles. The fourth-order valence-electron chi connectivity index (χ4n) is 1.95. The van der Waals surface area contributed by atoms with E-state index in [0.717, 1.165) is 0 Å². The van der Waals surface area contributed by atoms with Crippen molar-refractivity contribution in [1.29, 1.82) is 0 Å². The molecule has 0 saturated heterocycles. The van der Waals surface area contributed by atoms with Gasteiger partial charge in [0, 0.05) is 16.7 Å². The minimum absolute atomic E-state index is 0.00211. The standard InChI is InChI=1S/C15H15BrN2O5S/c1-2-24(22,23)11-4-5-13(19)12(7-11)17-14(20)9-18-8-10(16)3-6-15(18)21/h3-8,19H,2,9H2,1H3,(H,17,20). The number of pyridine rings is 1. The number of carbonyl (C=O) groups excluding carboxylic acids is 1. The predicted molar refractivity (Wildman–Crippen MR) is 92.9 cm³/mol. The van der Waals surface area contributed by atoms with Gasteiger partial charge < -0.3 is 15.0 Å². The van der Waals surface area contributed by atoms with E-state index in [0.29, 0.717) is 4.47 Å². The highest BCUT2D eigenvalue weighted by molar-refractivity contribution is 9.10. The summed E-state index contributed by atoms with van der Waals surface area (Å²) in [5, 5.41) is 12.2. The van der Waals surface area contributed by atoms with Gasteiger partial charge in [-0.2, -0.15) is 0 Å². The largest absolute Gasteiger partial charge is 0.506 e. The first-order valence-electron chi connectivity index (χ1n) is 6.94. The maximum Gasteiger partial charge on any atom is 0.251 e. The summed E-state index contributed by atoms with van der Waals surface area (Å²) in [4.78, 5) is 23.8. The second kappa shape index (κ2) is 7.18. The molecule has 7 nitrogen and oxygen atoms in total. The highest BCUT2D eigenvalue weighted by Gasteiger charge is 2.15. The molecule has 0 spiro atoms. The summed E-state index contributed by atoms with van der Waals surface area (Å²) in [6.45, 7) is 1.22. The van der Waals surface area contributed by atoms with Crippen LogP contribution in [0.3, 0.4) is 0 Å². The Bertz CT molecular complexity index is 937. The summed E-state index contributed by atoms with van der Waals surface area (Å²) < 4.78 is 25.6. The molecule has 2 N–H and O–H groups in total. The molecule has 2 aromatic rings. The third-order valence-electron chi connectivity index (χ3n) is 3.24. The van der Waals surface area contributed by atoms with Crippen LogP contribution in [0, 0.1) is 0 Å². The second-order valence-corrected chi connectivity index (χ2v) is 8.14. The van der Waals surface area contributed by atoms with Crippen molar-refractivity contribution < 1.29 is 18.3 Å². The zero-order chi connectivity index (χ0) is 17.9. The number of rotatable bonds is 5. The minimum atomic E-state index is -3.47. The van der Waals surface area contributed by atoms with Crippen molar-refractivity contribution in [2.75, 3.05) is 11.1 Å². The number of halogens is 1. The number of carbonyl (C=O) groups is 1. The predicted octanol–water partition coefficient (Wildman–Crippen LogP) is 1.75. The molecular formula is C15H15BrN2O5S. The molecule has 0 bridgehead atoms. The van der Waals surface area contributed by atoms with Gasteiger partial charge in [0.25, 0.3) is 5.56 Å². The van der Waals surface area contributed by atoms with Crippen LogP contribution in [0.5, 0.6) is 5.75 Å². The lowest BCUT2D eigenvalue weighted by molar-refractivity contribution is -0.116. The molecule has 2 rings (SSSR count). The lowest BCUT2D eigenvalue weighted by Gasteiger charge is -2.11. The number of anilines is 1. The quantitative estimate of drug-likeness (QED) is 0.724. The number of hydrogen-bond donors (Lipinski definition) is 2. The molecule has 0 fully saturated rings. The Morgan fingerprint density at radius 2 is 2.00 bits per heavy atom. The Labute approximate surface area is 147 Å². The number of aromatic nitrogens is 1. The molecule has 9 heteroatoms. The van der Waals surface area contributed by atoms with Crippen LogP contribution < -0.4 is 10.9 Å². The maximum atomic E-state index is 12.1. The van der Waals surface area contributed by atoms with E-state index in [1.807, 2.05) is 0 Å². The number of phenolic OH excluding ortho intramolecular Hbond substituents is 1. The van der Waals surface area contributed by atoms with Crippen molar-refractivity contribution in [3.05, 3.63) is 51.4 Å². The van der Waals surface area contributed by atoms with Gasteiger partial charge in [-0.25, -0.2) is 8.42 Å². The number of hydrogen-bond acceptors (Lipinski definition) is 5. The van der Waals surface area contributed by atoms with Gasteiger partial charge in [-0.1, -0.05) is 6.92 Å². The number of nitrogens with zero attached hydrogens (tertiary/aromatic N) is 1. The average molecular weight is 415 g/mol. The third-order valence-corrected chi connectivity index (χ3v) is 5.44. The van der Waals surface area contributed by atoms with Gasteiger partial charge in [-0.3, -0.25) is 9.59 Å². The van der Waals surface area contributed by atoms with Gasteiger partial charge in [-0.05, 0) is 40.2 Å². The Morgan fingerprint density at radius 3 is 2.67 bits per heavy atom. The van der Waals surface area contributed by atoms with E-state index in [2.05, 4.69) is 21.2 Å². The third kappa shape index (κ3) is 4.24. The number of phenols is 1. The van der Waals surface area contributed by atoms with Crippen molar-refractivity contribution in [2.45, 2.75) is 18.4 Å². The van der Waals surface area contributed by atoms with Gasteiger partial charge in [-0.15, -0.1) is 0 Å². The first kappa shape index (κ1) is 18.2. The number of benzene rings is 1. The van der Waals surface area contributed by atoms with Gasteiger partial charge in [0.2, 0.25) is 5.91 Å². The summed E-state index contributed by atoms with van der Waals surface area (Å²) in [6, 6.07) is 6.52. The summed E-state index contributed by atoms with van der Waals surface area (Å²) in [5.41, 5.74) is -0.391. The smallest absolute Gasteiger partial charge is 0.251 e. The van der Waals surface area contributed by atoms with Crippen LogP contribution in [0.15, 0.2) is 50.7 Å². The summed E-state index contributed by atoms with van der Waals surface area (Å²) in [6.07, 6.45) is 1.46. The molecule has 1 aromatic heterocycles. The molecule has 0 atom stereocenters. The fourth-order valence-corrected chi connectivity index (χ4v) is 3.23. The first-order valence-corrected chi connectivity index (χ1v) is 9.39. The van der Waals surface area contributed by atoms with E-state index in [4.69, 9.17) is 0 Å². The van der Waals surface area contributed by atoms with Crippen LogP contribution in [0.1, 0.15) is 6.92 Å². The molecule has 24 heavy (non-hydrogen) atoms. The molecular weight excluding hydrogens is 400 g/mol. The van der Waals surface area contributed by atoms with E-state index in [9.17, 15) is 23.1 Å². The van der Waals surface area contributed by atoms with Crippen LogP contribution in [0.4, 0.5) is 5.69 Å². The molecule has 0 aliphatic heterocycles. The lowest BCUT2D eigenvalue weighted by atomic mass is 10.3. The van der Waals surface area contributed by atoms with Gasteiger partial charge in [0.05, 0.1) is 16.3 Å². The van der Waals surface area contributed by atoms with Crippen LogP contribution in [-0.2, 0) is 21.2 Å². The highest BCUT2D eigenvalue weighted by Crippen LogP contribution is 2.27. The van der Waals surface area contributed by atoms with Crippen molar-refractivity contribution in [3.8, 4) is 5.75 Å². The topological polar surface area (TPSA) is 105 Å². The van der Waals surface area contributed by atoms with E-state index >= 15 is 0 Å². The fraction of sp³-hybridized carbons (Fsp3) is 0.200. The molecule has 128 valence electrons. The minimum Gasteiger partial charge on any atom is -0.506 e. The molecule has 1 heterocycles. The van der Waals surface area contributed by atoms with Crippen molar-refractivity contribution >= 4 is 37.4 Å². The molecule has 0 aliphatic carbocycles. The zero-order valence-electron chi connectivity index (χ0n) is 12.7. The molecule has 0 aliphatic rings. The Balaban J connectivity index is 2.24. The van der Waals surface area contributed by atoms with Crippen LogP contribution in [0.2, 0.25) is 0 Å². The normalized spacial score (nSPS) is 11.2. The number of aromatic hydroxyl groups is 1. The summed E-state index contributed by atoms with van der Waals surface area (Å²) >= 11 is 3.21. The van der Waals surface area contributed by atoms with E-state index < -0.39 is 15.7 Å². The lowest BCUT2D eigenvalue weighted by Crippen LogP contribution is -2.26. The van der Waals surface area contributed by atoms with Crippen molar-refractivity contribution in [1.82, 2.24) is 4.57 Å². The van der Waals surface area contributed by atoms with Crippen LogP contribution in [0.25, 0.3) is 0 Å². The van der Waals surface area contributed by atoms with Crippen LogP contribution >= 0.6 is 15.9 Å². The Hall–Kier alpha value is -2.13. The number of sulfone groups is 1. The molecule has 0 unspecified atom stereocenters. The average Bonchev–Trinajstić information content (AvgIpc) is 2.53. The highest BCUT2D eigenvalue weighted by atomic mass is 79.9. The van der Waals surface area contributed by atoms with E-state index in [1.54, 1.807) is 6.07 Å². The Kier molecular flexibility index (Phi) is 5.45. The SMILES string of the molecule is CCS(=O)(=O)c1ccc(O)c(NC(=O)Cn2cc(Br)ccc2=O)c1. The van der Waals surface area contributed by atoms with E-state index in [1.165, 1.54) is 42.0 Å². The van der Waals surface area contributed by atoms with Gasteiger partial charge in [0.15, 0.2) is 9.84 Å². The maximum absolute atomic E-state index is 12.1. The number of nitrogens with one attached hydrogen (secondary N) is 1. The van der Waals surface area contributed by atoms with Crippen LogP contribution in [-0.4, -0.2) is 29.8 Å². The molecule has 0 saturated carbocycles. The van der Waals surface area contributed by atoms with Crippen molar-refractivity contribution in [2.24, 2.45) is 0 Å². The van der Waals surface area contributed by atoms with Gasteiger partial charge >= 0.3 is 0 Å². The first-order chi connectivity index (χ1) is 11.2. The summed E-state index contributed by atoms with van der Waals surface area (Å²) in [5.74, 6) is -0.935. The zero-order valence-corrected chi connectivity index (χ0v) is 15.1. The monoisotopic (exact) mass is 414 g/mol. The molecule has 0 radical (unpaired) electrons. The number of amides is 1. The Morgan fingerprint density at radius 1 is 1.29 bits per heavy atom.